The molecule has 0 bridgehead atoms. The van der Waals surface area contributed by atoms with E-state index in [-0.39, 0.29) is 6.10 Å². The maximum atomic E-state index is 9.55. The standard InChI is InChI=1S/C13H10O.C4H4O4/c1-2-6-11-10(5-1)9-14-13-8-4-3-7-12(11)13;5-3(6)1-2-4(7)8/h1-9,13H;1-2H,(H,5,6)(H,7,8). The summed E-state index contributed by atoms with van der Waals surface area (Å²) < 4.78 is 5.61. The van der Waals surface area contributed by atoms with E-state index in [1.807, 2.05) is 18.4 Å². The van der Waals surface area contributed by atoms with Crippen LogP contribution in [0.3, 0.4) is 0 Å². The van der Waals surface area contributed by atoms with E-state index in [4.69, 9.17) is 14.9 Å². The molecule has 1 aliphatic heterocycles. The molecule has 0 radical (unpaired) electrons. The number of ether oxygens (including phenoxy) is 1. The second-order valence-corrected chi connectivity index (χ2v) is 4.47. The van der Waals surface area contributed by atoms with Crippen molar-refractivity contribution in [2.24, 2.45) is 0 Å². The number of carbonyl (C=O) groups is 2. The third-order valence-electron chi connectivity index (χ3n) is 2.96. The van der Waals surface area contributed by atoms with Gasteiger partial charge in [0.1, 0.15) is 6.10 Å². The predicted octanol–water partition coefficient (Wildman–Crippen LogP) is 0.812. The fourth-order valence-electron chi connectivity index (χ4n) is 2.04. The first-order valence-corrected chi connectivity index (χ1v) is 6.51. The summed E-state index contributed by atoms with van der Waals surface area (Å²) in [6, 6.07) is 8.31. The normalized spacial score (nSPS) is 17.5. The summed E-state index contributed by atoms with van der Waals surface area (Å²) in [6.07, 6.45) is 11.3. The van der Waals surface area contributed by atoms with Gasteiger partial charge in [-0.25, -0.2) is 9.59 Å². The topological polar surface area (TPSA) is 83.8 Å². The summed E-state index contributed by atoms with van der Waals surface area (Å²) in [5, 5.41) is 18.1. The molecule has 5 nitrogen and oxygen atoms in total. The summed E-state index contributed by atoms with van der Waals surface area (Å²) in [5.41, 5.74) is 1.26. The molecule has 1 atom stereocenters. The van der Waals surface area contributed by atoms with E-state index < -0.39 is 11.9 Å². The van der Waals surface area contributed by atoms with Crippen LogP contribution < -0.4 is 10.4 Å². The number of benzene rings is 1. The van der Waals surface area contributed by atoms with Crippen LogP contribution in [0.15, 0.2) is 60.7 Å². The number of fused-ring (bicyclic) bond motifs is 2. The van der Waals surface area contributed by atoms with Crippen molar-refractivity contribution in [3.8, 4) is 0 Å². The molecule has 0 fully saturated rings. The van der Waals surface area contributed by atoms with Gasteiger partial charge < -0.3 is 14.9 Å². The van der Waals surface area contributed by atoms with Crippen LogP contribution in [-0.4, -0.2) is 28.3 Å². The summed E-state index contributed by atoms with van der Waals surface area (Å²) in [5.74, 6) is -2.51. The minimum Gasteiger partial charge on any atom is -0.489 e. The number of hydrogen-bond donors (Lipinski definition) is 2. The van der Waals surface area contributed by atoms with Crippen LogP contribution in [0.4, 0.5) is 0 Å². The van der Waals surface area contributed by atoms with Gasteiger partial charge in [-0.1, -0.05) is 42.5 Å². The second-order valence-electron chi connectivity index (χ2n) is 4.47. The second kappa shape index (κ2) is 7.08. The van der Waals surface area contributed by atoms with Crippen molar-refractivity contribution in [3.63, 3.8) is 0 Å². The van der Waals surface area contributed by atoms with E-state index >= 15 is 0 Å². The molecule has 1 aromatic carbocycles. The van der Waals surface area contributed by atoms with Gasteiger partial charge in [0.25, 0.3) is 0 Å². The van der Waals surface area contributed by atoms with Gasteiger partial charge in [-0.3, -0.25) is 0 Å². The van der Waals surface area contributed by atoms with Crippen molar-refractivity contribution >= 4 is 23.8 Å². The number of rotatable bonds is 2. The number of aliphatic carboxylic acids is 2. The first kappa shape index (κ1) is 15.3. The fraction of sp³-hybridized carbons (Fsp3) is 0.0588. The molecule has 0 spiro atoms. The highest BCUT2D eigenvalue weighted by Crippen LogP contribution is 2.16. The van der Waals surface area contributed by atoms with Gasteiger partial charge in [-0.15, -0.1) is 0 Å². The molecule has 22 heavy (non-hydrogen) atoms. The Hall–Kier alpha value is -3.08. The molecule has 1 aliphatic carbocycles. The molecular weight excluding hydrogens is 284 g/mol. The Morgan fingerprint density at radius 3 is 2.41 bits per heavy atom. The average molecular weight is 298 g/mol. The lowest BCUT2D eigenvalue weighted by molar-refractivity contribution is -0.134. The van der Waals surface area contributed by atoms with Gasteiger partial charge in [0.05, 0.1) is 6.26 Å². The monoisotopic (exact) mass is 298 g/mol. The highest BCUT2D eigenvalue weighted by Gasteiger charge is 2.14. The Morgan fingerprint density at radius 1 is 1.05 bits per heavy atom. The molecule has 0 saturated carbocycles. The smallest absolute Gasteiger partial charge is 0.328 e. The van der Waals surface area contributed by atoms with Crippen molar-refractivity contribution in [2.75, 3.05) is 0 Å². The molecule has 1 heterocycles. The maximum Gasteiger partial charge on any atom is 0.328 e. The lowest BCUT2D eigenvalue weighted by atomic mass is 9.99. The Bertz CT molecular complexity index is 768. The Labute approximate surface area is 126 Å². The average Bonchev–Trinajstić information content (AvgIpc) is 2.53. The molecular formula is C17H14O5. The molecule has 1 aromatic rings. The summed E-state index contributed by atoms with van der Waals surface area (Å²) >= 11 is 0. The molecule has 3 rings (SSSR count). The Balaban J connectivity index is 0.000000192. The summed E-state index contributed by atoms with van der Waals surface area (Å²) in [4.78, 5) is 19.1. The number of hydrogen-bond acceptors (Lipinski definition) is 3. The van der Waals surface area contributed by atoms with Crippen LogP contribution in [0.2, 0.25) is 0 Å². The zero-order chi connectivity index (χ0) is 15.9. The van der Waals surface area contributed by atoms with Gasteiger partial charge in [0, 0.05) is 22.9 Å². The van der Waals surface area contributed by atoms with Crippen LogP contribution in [-0.2, 0) is 14.3 Å². The lowest BCUT2D eigenvalue weighted by Crippen LogP contribution is -2.35. The van der Waals surface area contributed by atoms with Crippen molar-refractivity contribution in [2.45, 2.75) is 6.10 Å². The van der Waals surface area contributed by atoms with Crippen molar-refractivity contribution in [1.29, 1.82) is 0 Å². The minimum atomic E-state index is -1.26. The Morgan fingerprint density at radius 2 is 1.73 bits per heavy atom. The van der Waals surface area contributed by atoms with E-state index in [1.54, 1.807) is 0 Å². The van der Waals surface area contributed by atoms with E-state index in [1.165, 1.54) is 16.0 Å². The van der Waals surface area contributed by atoms with Crippen LogP contribution >= 0.6 is 0 Å². The van der Waals surface area contributed by atoms with Gasteiger partial charge in [0.2, 0.25) is 0 Å². The largest absolute Gasteiger partial charge is 0.489 e. The zero-order valence-electron chi connectivity index (χ0n) is 11.5. The molecule has 2 aliphatic rings. The minimum absolute atomic E-state index is 0.106. The highest BCUT2D eigenvalue weighted by atomic mass is 16.5. The molecule has 112 valence electrons. The van der Waals surface area contributed by atoms with Crippen molar-refractivity contribution in [1.82, 2.24) is 0 Å². The SMILES string of the molecule is C1=CC2=c3ccccc3=COC2C=C1.O=C(O)C=CC(=O)O. The summed E-state index contributed by atoms with van der Waals surface area (Å²) in [7, 11) is 0. The predicted molar refractivity (Wildman–Crippen MR) is 81.1 cm³/mol. The van der Waals surface area contributed by atoms with Gasteiger partial charge in [-0.05, 0) is 11.3 Å². The van der Waals surface area contributed by atoms with Crippen LogP contribution in [0.25, 0.3) is 11.8 Å². The molecule has 0 amide bonds. The quantitative estimate of drug-likeness (QED) is 0.790. The van der Waals surface area contributed by atoms with Gasteiger partial charge in [-0.2, -0.15) is 0 Å². The molecule has 1 unspecified atom stereocenters. The van der Waals surface area contributed by atoms with Crippen LogP contribution in [0.5, 0.6) is 0 Å². The van der Waals surface area contributed by atoms with Gasteiger partial charge >= 0.3 is 11.9 Å². The molecule has 0 saturated heterocycles. The number of carboxylic acid groups (broad SMARTS) is 2. The first-order valence-electron chi connectivity index (χ1n) is 6.51. The maximum absolute atomic E-state index is 9.55. The van der Waals surface area contributed by atoms with E-state index in [9.17, 15) is 9.59 Å². The summed E-state index contributed by atoms with van der Waals surface area (Å²) in [6.45, 7) is 0. The lowest BCUT2D eigenvalue weighted by Gasteiger charge is -2.20. The zero-order valence-corrected chi connectivity index (χ0v) is 11.5. The number of carboxylic acids is 2. The third-order valence-corrected chi connectivity index (χ3v) is 2.96. The molecule has 5 heteroatoms. The van der Waals surface area contributed by atoms with Crippen LogP contribution in [0, 0.1) is 0 Å². The molecule has 2 N–H and O–H groups in total. The van der Waals surface area contributed by atoms with Crippen LogP contribution in [0.1, 0.15) is 0 Å². The van der Waals surface area contributed by atoms with Crippen molar-refractivity contribution in [3.05, 3.63) is 71.2 Å². The van der Waals surface area contributed by atoms with Crippen molar-refractivity contribution < 1.29 is 24.5 Å². The Kier molecular flexibility index (Phi) is 4.93. The number of allylic oxidation sites excluding steroid dienone is 2. The third kappa shape index (κ3) is 3.96. The first-order chi connectivity index (χ1) is 10.6. The molecule has 0 aromatic heterocycles. The highest BCUT2D eigenvalue weighted by molar-refractivity contribution is 5.89. The van der Waals surface area contributed by atoms with E-state index in [2.05, 4.69) is 36.4 Å². The van der Waals surface area contributed by atoms with E-state index in [0.29, 0.717) is 12.2 Å². The van der Waals surface area contributed by atoms with Gasteiger partial charge in [0.15, 0.2) is 0 Å². The van der Waals surface area contributed by atoms with E-state index in [0.717, 1.165) is 0 Å². The fourth-order valence-corrected chi connectivity index (χ4v) is 2.04.